The van der Waals surface area contributed by atoms with Crippen LogP contribution in [0.4, 0.5) is 5.13 Å². The molecule has 0 spiro atoms. The molecule has 2 aromatic heterocycles. The molecule has 2 aromatic rings. The van der Waals surface area contributed by atoms with Crippen LogP contribution in [0, 0.1) is 0 Å². The van der Waals surface area contributed by atoms with Crippen molar-refractivity contribution in [2.45, 2.75) is 31.8 Å². The van der Waals surface area contributed by atoms with E-state index in [2.05, 4.69) is 29.5 Å². The number of anilines is 1. The molecule has 96 valence electrons. The number of aryl methyl sites for hydroxylation is 1. The van der Waals surface area contributed by atoms with Crippen molar-refractivity contribution in [3.8, 4) is 0 Å². The molecule has 0 amide bonds. The molecule has 1 aliphatic carbocycles. The Bertz CT molecular complexity index is 518. The van der Waals surface area contributed by atoms with Crippen molar-refractivity contribution in [3.05, 3.63) is 33.0 Å². The predicted molar refractivity (Wildman–Crippen MR) is 78.4 cm³/mol. The minimum absolute atomic E-state index is 0.204. The molecule has 0 radical (unpaired) electrons. The largest absolute Gasteiger partial charge is 0.346 e. The summed E-state index contributed by atoms with van der Waals surface area (Å²) in [4.78, 5) is 9.65. The average molecular weight is 279 g/mol. The summed E-state index contributed by atoms with van der Waals surface area (Å²) in [5.41, 5.74) is 7.38. The summed E-state index contributed by atoms with van der Waals surface area (Å²) in [6.07, 6.45) is 3.36. The lowest BCUT2D eigenvalue weighted by molar-refractivity contribution is 0.573. The van der Waals surface area contributed by atoms with Gasteiger partial charge in [-0.3, -0.25) is 0 Å². The fraction of sp³-hybridized carbons (Fsp3) is 0.462. The first kappa shape index (κ1) is 12.1. The first-order valence-corrected chi connectivity index (χ1v) is 7.92. The van der Waals surface area contributed by atoms with Crippen LogP contribution in [0.25, 0.3) is 0 Å². The van der Waals surface area contributed by atoms with Gasteiger partial charge in [0.1, 0.15) is 0 Å². The molecule has 0 fully saturated rings. The molecule has 2 heterocycles. The van der Waals surface area contributed by atoms with Gasteiger partial charge in [0.2, 0.25) is 0 Å². The summed E-state index contributed by atoms with van der Waals surface area (Å²) in [6.45, 7) is 0.930. The molecule has 0 saturated carbocycles. The van der Waals surface area contributed by atoms with Crippen molar-refractivity contribution in [2.24, 2.45) is 5.73 Å². The second-order valence-corrected chi connectivity index (χ2v) is 6.78. The number of hydrogen-bond acceptors (Lipinski definition) is 5. The Morgan fingerprint density at radius 3 is 3.17 bits per heavy atom. The normalized spacial score (nSPS) is 18.7. The molecule has 5 heteroatoms. The maximum Gasteiger partial charge on any atom is 0.185 e. The second-order valence-electron chi connectivity index (χ2n) is 4.74. The van der Waals surface area contributed by atoms with Gasteiger partial charge >= 0.3 is 0 Å². The number of thiophene rings is 1. The van der Waals surface area contributed by atoms with Gasteiger partial charge in [0.15, 0.2) is 5.13 Å². The molecule has 0 aromatic carbocycles. The SMILES string of the molecule is CN(Cc1cccs1)c1nc2c(s1)C(N)CCC2. The third-order valence-electron chi connectivity index (χ3n) is 3.28. The lowest BCUT2D eigenvalue weighted by Crippen LogP contribution is -2.15. The zero-order valence-electron chi connectivity index (χ0n) is 10.4. The van der Waals surface area contributed by atoms with Gasteiger partial charge in [-0.25, -0.2) is 4.98 Å². The molecule has 2 N–H and O–H groups in total. The Hall–Kier alpha value is -0.910. The quantitative estimate of drug-likeness (QED) is 0.938. The van der Waals surface area contributed by atoms with Crippen molar-refractivity contribution in [3.63, 3.8) is 0 Å². The second kappa shape index (κ2) is 4.99. The van der Waals surface area contributed by atoms with Gasteiger partial charge < -0.3 is 10.6 Å². The standard InChI is InChI=1S/C13H17N3S2/c1-16(8-9-4-3-7-17-9)13-15-11-6-2-5-10(14)12(11)18-13/h3-4,7,10H,2,5-6,8,14H2,1H3. The Labute approximate surface area is 115 Å². The Kier molecular flexibility index (Phi) is 3.37. The highest BCUT2D eigenvalue weighted by atomic mass is 32.1. The molecule has 1 atom stereocenters. The van der Waals surface area contributed by atoms with E-state index in [4.69, 9.17) is 10.7 Å². The van der Waals surface area contributed by atoms with E-state index in [1.807, 2.05) is 0 Å². The third kappa shape index (κ3) is 2.30. The highest BCUT2D eigenvalue weighted by Gasteiger charge is 2.22. The highest BCUT2D eigenvalue weighted by Crippen LogP contribution is 2.36. The smallest absolute Gasteiger partial charge is 0.185 e. The van der Waals surface area contributed by atoms with E-state index in [1.165, 1.54) is 21.9 Å². The monoisotopic (exact) mass is 279 g/mol. The van der Waals surface area contributed by atoms with Crippen LogP contribution in [0.5, 0.6) is 0 Å². The van der Waals surface area contributed by atoms with Crippen molar-refractivity contribution in [1.82, 2.24) is 4.98 Å². The third-order valence-corrected chi connectivity index (χ3v) is 5.49. The van der Waals surface area contributed by atoms with Crippen molar-refractivity contribution < 1.29 is 0 Å². The minimum Gasteiger partial charge on any atom is -0.346 e. The van der Waals surface area contributed by atoms with Gasteiger partial charge in [-0.05, 0) is 30.7 Å². The maximum atomic E-state index is 6.15. The summed E-state index contributed by atoms with van der Waals surface area (Å²) >= 11 is 3.56. The fourth-order valence-electron chi connectivity index (χ4n) is 2.31. The zero-order valence-corrected chi connectivity index (χ0v) is 12.1. The van der Waals surface area contributed by atoms with E-state index >= 15 is 0 Å². The Balaban J connectivity index is 1.80. The predicted octanol–water partition coefficient (Wildman–Crippen LogP) is 3.18. The van der Waals surface area contributed by atoms with E-state index in [1.54, 1.807) is 22.7 Å². The van der Waals surface area contributed by atoms with Crippen LogP contribution in [0.2, 0.25) is 0 Å². The molecule has 1 unspecified atom stereocenters. The first-order valence-electron chi connectivity index (χ1n) is 6.23. The Morgan fingerprint density at radius 1 is 1.56 bits per heavy atom. The summed E-state index contributed by atoms with van der Waals surface area (Å²) in [7, 11) is 2.11. The molecule has 1 aliphatic rings. The molecule has 3 nitrogen and oxygen atoms in total. The fourth-order valence-corrected chi connectivity index (χ4v) is 4.17. The topological polar surface area (TPSA) is 42.2 Å². The molecule has 0 saturated heterocycles. The summed E-state index contributed by atoms with van der Waals surface area (Å²) in [5.74, 6) is 0. The number of thiazole rings is 1. The minimum atomic E-state index is 0.204. The Morgan fingerprint density at radius 2 is 2.44 bits per heavy atom. The van der Waals surface area contributed by atoms with Gasteiger partial charge in [0, 0.05) is 22.8 Å². The number of nitrogens with two attached hydrogens (primary N) is 1. The van der Waals surface area contributed by atoms with Crippen LogP contribution in [-0.2, 0) is 13.0 Å². The van der Waals surface area contributed by atoms with Gasteiger partial charge in [0.05, 0.1) is 12.2 Å². The molecule has 18 heavy (non-hydrogen) atoms. The van der Waals surface area contributed by atoms with Crippen LogP contribution >= 0.6 is 22.7 Å². The van der Waals surface area contributed by atoms with E-state index < -0.39 is 0 Å². The van der Waals surface area contributed by atoms with Gasteiger partial charge in [-0.15, -0.1) is 11.3 Å². The van der Waals surface area contributed by atoms with Crippen LogP contribution in [0.15, 0.2) is 17.5 Å². The molecule has 0 bridgehead atoms. The van der Waals surface area contributed by atoms with Crippen LogP contribution in [0.3, 0.4) is 0 Å². The van der Waals surface area contributed by atoms with E-state index in [0.717, 1.165) is 24.5 Å². The number of aromatic nitrogens is 1. The van der Waals surface area contributed by atoms with Crippen LogP contribution < -0.4 is 10.6 Å². The van der Waals surface area contributed by atoms with Crippen LogP contribution in [-0.4, -0.2) is 12.0 Å². The van der Waals surface area contributed by atoms with Crippen molar-refractivity contribution in [1.29, 1.82) is 0 Å². The van der Waals surface area contributed by atoms with E-state index in [0.29, 0.717) is 0 Å². The van der Waals surface area contributed by atoms with Gasteiger partial charge in [-0.2, -0.15) is 0 Å². The first-order chi connectivity index (χ1) is 8.74. The van der Waals surface area contributed by atoms with Crippen molar-refractivity contribution >= 4 is 27.8 Å². The summed E-state index contributed by atoms with van der Waals surface area (Å²) in [6, 6.07) is 4.46. The summed E-state index contributed by atoms with van der Waals surface area (Å²) < 4.78 is 0. The molecule has 3 rings (SSSR count). The van der Waals surface area contributed by atoms with Crippen LogP contribution in [0.1, 0.15) is 34.3 Å². The van der Waals surface area contributed by atoms with E-state index in [9.17, 15) is 0 Å². The lowest BCUT2D eigenvalue weighted by Gasteiger charge is -2.15. The maximum absolute atomic E-state index is 6.15. The number of hydrogen-bond donors (Lipinski definition) is 1. The molecular formula is C13H17N3S2. The zero-order chi connectivity index (χ0) is 12.5. The van der Waals surface area contributed by atoms with Gasteiger partial charge in [-0.1, -0.05) is 17.4 Å². The number of nitrogens with zero attached hydrogens (tertiary/aromatic N) is 2. The summed E-state index contributed by atoms with van der Waals surface area (Å²) in [5, 5.41) is 3.22. The lowest BCUT2D eigenvalue weighted by atomic mass is 9.99. The van der Waals surface area contributed by atoms with E-state index in [-0.39, 0.29) is 6.04 Å². The average Bonchev–Trinajstić information content (AvgIpc) is 2.97. The number of rotatable bonds is 3. The molecular weight excluding hydrogens is 262 g/mol. The highest BCUT2D eigenvalue weighted by molar-refractivity contribution is 7.15. The van der Waals surface area contributed by atoms with Crippen molar-refractivity contribution in [2.75, 3.05) is 11.9 Å². The molecule has 0 aliphatic heterocycles. The number of fused-ring (bicyclic) bond motifs is 1. The van der Waals surface area contributed by atoms with Gasteiger partial charge in [0.25, 0.3) is 0 Å².